The van der Waals surface area contributed by atoms with Crippen LogP contribution < -0.4 is 15.6 Å². The van der Waals surface area contributed by atoms with Crippen molar-refractivity contribution >= 4 is 58.0 Å². The summed E-state index contributed by atoms with van der Waals surface area (Å²) >= 11 is 0. The topological polar surface area (TPSA) is 171 Å². The van der Waals surface area contributed by atoms with E-state index < -0.39 is 70.3 Å². The van der Waals surface area contributed by atoms with Crippen molar-refractivity contribution in [3.8, 4) is 11.8 Å². The molecule has 0 spiro atoms. The minimum atomic E-state index is -2.31. The number of hydrazine groups is 1. The number of fused-ring (bicyclic) bond motifs is 1. The maximum atomic E-state index is 16.5. The molecule has 2 N–H and O–H groups in total. The SMILES string of the molecule is C=C/C(=C(\N=CC)[C@H](C)OC)c1c(CC(C)(C)COC(=O)C2CCCN(C(=O)[C@H](CC)NC(=O)[C@H](C(C)C)N(C)C(=O)C3(F)CCN(C(=O)C#CC(C)(C)N(C)C)CC3)N2)c2cc(N3CCOCC3)ccc2n1CC. The number of esters is 1. The molecular weight excluding hydrogens is 958 g/mol. The van der Waals surface area contributed by atoms with Crippen LogP contribution in [0.2, 0.25) is 0 Å². The minimum Gasteiger partial charge on any atom is -0.464 e. The van der Waals surface area contributed by atoms with Crippen LogP contribution in [0.3, 0.4) is 0 Å². The number of aliphatic imine (C=N–C) groups is 1. The molecule has 17 nitrogen and oxygen atoms in total. The number of hydrogen-bond donors (Lipinski definition) is 2. The van der Waals surface area contributed by atoms with E-state index in [-0.39, 0.29) is 51.6 Å². The van der Waals surface area contributed by atoms with Crippen molar-refractivity contribution in [2.24, 2.45) is 16.3 Å². The lowest BCUT2D eigenvalue weighted by Crippen LogP contribution is -2.62. The van der Waals surface area contributed by atoms with Gasteiger partial charge in [-0.3, -0.25) is 38.9 Å². The number of carbonyl (C=O) groups is 5. The second kappa shape index (κ2) is 26.0. The molecule has 75 heavy (non-hydrogen) atoms. The Morgan fingerprint density at radius 1 is 1.04 bits per heavy atom. The first-order valence-electron chi connectivity index (χ1n) is 26.7. The number of amides is 4. The number of nitrogens with zero attached hydrogens (tertiary/aromatic N) is 7. The summed E-state index contributed by atoms with van der Waals surface area (Å²) < 4.78 is 36.4. The number of anilines is 1. The molecule has 1 unspecified atom stereocenters. The summed E-state index contributed by atoms with van der Waals surface area (Å²) in [5, 5.41) is 5.29. The molecule has 3 saturated heterocycles. The third-order valence-corrected chi connectivity index (χ3v) is 15.1. The highest BCUT2D eigenvalue weighted by Crippen LogP contribution is 2.40. The van der Waals surface area contributed by atoms with Crippen LogP contribution in [0.15, 0.2) is 41.5 Å². The van der Waals surface area contributed by atoms with Gasteiger partial charge in [0.1, 0.15) is 18.1 Å². The third kappa shape index (κ3) is 14.3. The van der Waals surface area contributed by atoms with Gasteiger partial charge in [0.25, 0.3) is 17.7 Å². The molecule has 3 aliphatic rings. The van der Waals surface area contributed by atoms with Crippen LogP contribution in [-0.2, 0) is 51.1 Å². The van der Waals surface area contributed by atoms with Gasteiger partial charge in [-0.05, 0) is 110 Å². The predicted molar refractivity (Wildman–Crippen MR) is 294 cm³/mol. The van der Waals surface area contributed by atoms with E-state index in [2.05, 4.69) is 77.6 Å². The lowest BCUT2D eigenvalue weighted by molar-refractivity contribution is -0.156. The summed E-state index contributed by atoms with van der Waals surface area (Å²) in [6.07, 6.45) is 4.47. The molecule has 4 heterocycles. The fourth-order valence-corrected chi connectivity index (χ4v) is 10.1. The smallest absolute Gasteiger partial charge is 0.324 e. The Morgan fingerprint density at radius 3 is 2.28 bits per heavy atom. The predicted octanol–water partition coefficient (Wildman–Crippen LogP) is 6.18. The summed E-state index contributed by atoms with van der Waals surface area (Å²) in [6.45, 7) is 27.3. The molecule has 1 aromatic carbocycles. The molecule has 414 valence electrons. The Balaban J connectivity index is 1.28. The molecule has 1 aromatic heterocycles. The van der Waals surface area contributed by atoms with Crippen LogP contribution in [0.4, 0.5) is 10.1 Å². The van der Waals surface area contributed by atoms with Crippen LogP contribution >= 0.6 is 0 Å². The minimum absolute atomic E-state index is 0.00512. The van der Waals surface area contributed by atoms with E-state index in [9.17, 15) is 24.0 Å². The van der Waals surface area contributed by atoms with E-state index in [0.29, 0.717) is 39.0 Å². The second-order valence-electron chi connectivity index (χ2n) is 21.9. The number of nitrogens with one attached hydrogen (secondary N) is 2. The molecule has 5 rings (SSSR count). The van der Waals surface area contributed by atoms with Gasteiger partial charge in [-0.1, -0.05) is 53.2 Å². The Bertz CT molecular complexity index is 2510. The van der Waals surface area contributed by atoms with E-state index in [1.807, 2.05) is 52.8 Å². The number of aryl methyl sites for hydroxylation is 1. The van der Waals surface area contributed by atoms with E-state index in [1.165, 1.54) is 17.0 Å². The zero-order valence-electron chi connectivity index (χ0n) is 47.4. The van der Waals surface area contributed by atoms with Gasteiger partial charge in [0.05, 0.1) is 42.9 Å². The molecule has 3 aliphatic heterocycles. The number of allylic oxidation sites excluding steroid dienone is 2. The number of ether oxygens (including phenoxy) is 3. The van der Waals surface area contributed by atoms with Gasteiger partial charge < -0.3 is 38.8 Å². The zero-order valence-corrected chi connectivity index (χ0v) is 47.4. The van der Waals surface area contributed by atoms with Crippen molar-refractivity contribution in [2.45, 2.75) is 150 Å². The van der Waals surface area contributed by atoms with Gasteiger partial charge in [0, 0.05) is 100 Å². The summed E-state index contributed by atoms with van der Waals surface area (Å²) in [4.78, 5) is 80.6. The lowest BCUT2D eigenvalue weighted by Gasteiger charge is -2.40. The number of rotatable bonds is 20. The Kier molecular flexibility index (Phi) is 20.9. The highest BCUT2D eigenvalue weighted by atomic mass is 19.1. The molecule has 0 aliphatic carbocycles. The van der Waals surface area contributed by atoms with Crippen molar-refractivity contribution in [1.29, 1.82) is 0 Å². The maximum Gasteiger partial charge on any atom is 0.324 e. The molecule has 3 fully saturated rings. The number of carbonyl (C=O) groups excluding carboxylic acids is 5. The third-order valence-electron chi connectivity index (χ3n) is 15.1. The first-order chi connectivity index (χ1) is 35.4. The molecule has 4 amide bonds. The number of likely N-dealkylation sites (tertiary alicyclic amines) is 1. The molecular formula is C57H86FN9O8. The van der Waals surface area contributed by atoms with Crippen LogP contribution in [-0.4, -0.2) is 176 Å². The van der Waals surface area contributed by atoms with Gasteiger partial charge in [0.2, 0.25) is 5.91 Å². The number of likely N-dealkylation sites (N-methyl/N-ethyl adjacent to an activating group) is 1. The maximum absolute atomic E-state index is 16.5. The van der Waals surface area contributed by atoms with E-state index in [0.717, 1.165) is 57.1 Å². The van der Waals surface area contributed by atoms with Crippen LogP contribution in [0.5, 0.6) is 0 Å². The van der Waals surface area contributed by atoms with Crippen molar-refractivity contribution in [3.63, 3.8) is 0 Å². The average molecular weight is 1040 g/mol. The highest BCUT2D eigenvalue weighted by molar-refractivity contribution is 5.97. The van der Waals surface area contributed by atoms with Gasteiger partial charge in [-0.15, -0.1) is 0 Å². The molecule has 0 radical (unpaired) electrons. The number of morpholine rings is 1. The van der Waals surface area contributed by atoms with Gasteiger partial charge in [0.15, 0.2) is 5.67 Å². The number of halogens is 1. The Morgan fingerprint density at radius 2 is 1.71 bits per heavy atom. The van der Waals surface area contributed by atoms with Gasteiger partial charge >= 0.3 is 5.97 Å². The number of piperidine rings is 1. The van der Waals surface area contributed by atoms with Crippen molar-refractivity contribution < 1.29 is 42.6 Å². The van der Waals surface area contributed by atoms with Crippen LogP contribution in [0.25, 0.3) is 16.5 Å². The Hall–Kier alpha value is -5.61. The van der Waals surface area contributed by atoms with E-state index >= 15 is 4.39 Å². The molecule has 18 heteroatoms. The highest BCUT2D eigenvalue weighted by Gasteiger charge is 2.47. The first-order valence-corrected chi connectivity index (χ1v) is 26.7. The monoisotopic (exact) mass is 1040 g/mol. The fourth-order valence-electron chi connectivity index (χ4n) is 10.1. The number of aromatic nitrogens is 1. The second-order valence-corrected chi connectivity index (χ2v) is 21.9. The number of methoxy groups -OCH3 is 1. The largest absolute Gasteiger partial charge is 0.464 e. The molecule has 4 atom stereocenters. The van der Waals surface area contributed by atoms with Gasteiger partial charge in [-0.2, -0.15) is 0 Å². The quantitative estimate of drug-likeness (QED) is 0.0672. The summed E-state index contributed by atoms with van der Waals surface area (Å²) in [5.74, 6) is 2.34. The molecule has 0 bridgehead atoms. The van der Waals surface area contributed by atoms with E-state index in [1.54, 1.807) is 34.1 Å². The Labute approximate surface area is 445 Å². The number of alkyl halides is 1. The van der Waals surface area contributed by atoms with Crippen molar-refractivity contribution in [2.75, 3.05) is 85.7 Å². The van der Waals surface area contributed by atoms with Crippen LogP contribution in [0, 0.1) is 23.2 Å². The summed E-state index contributed by atoms with van der Waals surface area (Å²) in [7, 11) is 6.79. The van der Waals surface area contributed by atoms with Crippen molar-refractivity contribution in [1.82, 2.24) is 35.0 Å². The summed E-state index contributed by atoms with van der Waals surface area (Å²) in [5.41, 5.74) is 5.50. The molecule has 2 aromatic rings. The lowest BCUT2D eigenvalue weighted by atomic mass is 9.84. The van der Waals surface area contributed by atoms with Crippen LogP contribution in [0.1, 0.15) is 113 Å². The van der Waals surface area contributed by atoms with Crippen molar-refractivity contribution in [3.05, 3.63) is 47.8 Å². The zero-order chi connectivity index (χ0) is 55.6. The normalized spacial score (nSPS) is 19.1. The van der Waals surface area contributed by atoms with Gasteiger partial charge in [-0.25, -0.2) is 9.82 Å². The average Bonchev–Trinajstić information content (AvgIpc) is 3.69. The number of hydrogen-bond acceptors (Lipinski definition) is 12. The first kappa shape index (κ1) is 60.3. The fraction of sp³-hybridized carbons (Fsp3) is 0.649. The molecule has 0 saturated carbocycles. The standard InChI is InChI=1S/C57H86FN9O8/c1-16-41(48(59-18-3)39(7)73-15)50-43(42-35-40(64-31-33-74-34-32-64)22-23-46(42)66(50)19-4)36-55(8,9)37-75-53(71)45-21-20-28-67(61-45)52(70)44(17-2)60-51(69)49(38(5)6)63(14)54(72)57(58)26-29-65(30-27-57)47(68)24-25-56(10,11)62(12)13/h16,18,22-23,35,38-39,44-45,49,61H,1,17,19-21,26-34,36-37H2,2-15H3,(H,60,69)/b48-41+,59-18?/t39-,44-,45?,49-/m0/s1. The van der Waals surface area contributed by atoms with E-state index in [4.69, 9.17) is 19.2 Å². The number of benzene rings is 1. The summed E-state index contributed by atoms with van der Waals surface area (Å²) in [6, 6.07) is 3.65.